The van der Waals surface area contributed by atoms with E-state index in [0.717, 1.165) is 27.8 Å². The molecule has 0 atom stereocenters. The van der Waals surface area contributed by atoms with Crippen LogP contribution in [0.2, 0.25) is 0 Å². The van der Waals surface area contributed by atoms with Crippen LogP contribution in [-0.4, -0.2) is 12.1 Å². The normalized spacial score (nSPS) is 10.8. The van der Waals surface area contributed by atoms with Gasteiger partial charge in [0, 0.05) is 16.8 Å². The number of ether oxygens (including phenoxy) is 1. The number of aromatic nitrogens is 1. The number of nitrogen functional groups attached to an aromatic ring is 1. The number of hydrogen-bond donors (Lipinski definition) is 1. The molecule has 1 aromatic carbocycles. The smallest absolute Gasteiger partial charge is 0.118 e. The molecule has 0 radical (unpaired) electrons. The molecule has 1 aromatic heterocycles. The summed E-state index contributed by atoms with van der Waals surface area (Å²) in [6, 6.07) is 10.1. The van der Waals surface area contributed by atoms with Gasteiger partial charge in [-0.25, -0.2) is 0 Å². The number of nitrogens with two attached hydrogens (primary N) is 1. The summed E-state index contributed by atoms with van der Waals surface area (Å²) >= 11 is 1.74. The predicted molar refractivity (Wildman–Crippen MR) is 85.3 cm³/mol. The van der Waals surface area contributed by atoms with E-state index in [1.807, 2.05) is 24.4 Å². The largest absolute Gasteiger partial charge is 0.497 e. The maximum atomic E-state index is 6.19. The molecule has 20 heavy (non-hydrogen) atoms. The van der Waals surface area contributed by atoms with Crippen molar-refractivity contribution < 1.29 is 4.74 Å². The zero-order valence-electron chi connectivity index (χ0n) is 12.1. The van der Waals surface area contributed by atoms with Crippen LogP contribution >= 0.6 is 11.8 Å². The van der Waals surface area contributed by atoms with E-state index in [1.165, 1.54) is 5.56 Å². The Morgan fingerprint density at radius 3 is 2.50 bits per heavy atom. The van der Waals surface area contributed by atoms with E-state index in [0.29, 0.717) is 5.92 Å². The zero-order valence-corrected chi connectivity index (χ0v) is 12.9. The number of anilines is 1. The van der Waals surface area contributed by atoms with Crippen molar-refractivity contribution in [3.63, 3.8) is 0 Å². The van der Waals surface area contributed by atoms with E-state index < -0.39 is 0 Å². The van der Waals surface area contributed by atoms with Crippen LogP contribution in [0.4, 0.5) is 5.69 Å². The Kier molecular flexibility index (Phi) is 4.90. The molecule has 2 aromatic rings. The van der Waals surface area contributed by atoms with E-state index in [4.69, 9.17) is 10.5 Å². The van der Waals surface area contributed by atoms with Crippen molar-refractivity contribution in [2.24, 2.45) is 0 Å². The van der Waals surface area contributed by atoms with E-state index >= 15 is 0 Å². The Balaban J connectivity index is 2.08. The first-order valence-electron chi connectivity index (χ1n) is 6.62. The summed E-state index contributed by atoms with van der Waals surface area (Å²) in [5, 5.41) is 0. The summed E-state index contributed by atoms with van der Waals surface area (Å²) < 4.78 is 5.16. The quantitative estimate of drug-likeness (QED) is 0.842. The highest BCUT2D eigenvalue weighted by Crippen LogP contribution is 2.32. The minimum atomic E-state index is 0.344. The molecule has 0 spiro atoms. The highest BCUT2D eigenvalue weighted by atomic mass is 32.2. The van der Waals surface area contributed by atoms with Gasteiger partial charge in [0.15, 0.2) is 0 Å². The first kappa shape index (κ1) is 14.7. The van der Waals surface area contributed by atoms with Crippen LogP contribution in [0.5, 0.6) is 5.75 Å². The van der Waals surface area contributed by atoms with Gasteiger partial charge in [-0.05, 0) is 29.7 Å². The summed E-state index contributed by atoms with van der Waals surface area (Å²) in [7, 11) is 1.68. The average Bonchev–Trinajstić information content (AvgIpc) is 2.46. The van der Waals surface area contributed by atoms with Gasteiger partial charge in [-0.1, -0.05) is 26.0 Å². The number of pyridine rings is 1. The van der Waals surface area contributed by atoms with Gasteiger partial charge in [-0.15, -0.1) is 11.8 Å². The molecule has 1 heterocycles. The molecule has 0 unspecified atom stereocenters. The Labute approximate surface area is 124 Å². The fourth-order valence-electron chi connectivity index (χ4n) is 1.94. The summed E-state index contributed by atoms with van der Waals surface area (Å²) in [5.41, 5.74) is 9.22. The highest BCUT2D eigenvalue weighted by Gasteiger charge is 2.10. The molecule has 0 bridgehead atoms. The van der Waals surface area contributed by atoms with Gasteiger partial charge >= 0.3 is 0 Å². The number of hydrogen-bond acceptors (Lipinski definition) is 4. The summed E-state index contributed by atoms with van der Waals surface area (Å²) in [6.07, 6.45) is 1.84. The van der Waals surface area contributed by atoms with Crippen LogP contribution in [0.15, 0.2) is 41.4 Å². The number of nitrogens with zero attached hydrogens (tertiary/aromatic N) is 1. The Morgan fingerprint density at radius 2 is 1.90 bits per heavy atom. The summed E-state index contributed by atoms with van der Waals surface area (Å²) in [5.74, 6) is 2.11. The fourth-order valence-corrected chi connectivity index (χ4v) is 2.87. The summed E-state index contributed by atoms with van der Waals surface area (Å²) in [6.45, 7) is 4.22. The van der Waals surface area contributed by atoms with Crippen LogP contribution in [0.1, 0.15) is 31.0 Å². The third-order valence-electron chi connectivity index (χ3n) is 3.08. The second kappa shape index (κ2) is 6.66. The second-order valence-electron chi connectivity index (χ2n) is 4.90. The topological polar surface area (TPSA) is 48.1 Å². The molecule has 106 valence electrons. The van der Waals surface area contributed by atoms with E-state index in [-0.39, 0.29) is 0 Å². The molecule has 0 fully saturated rings. The molecule has 0 aliphatic rings. The van der Waals surface area contributed by atoms with Crippen molar-refractivity contribution >= 4 is 17.4 Å². The van der Waals surface area contributed by atoms with Crippen molar-refractivity contribution in [2.45, 2.75) is 30.4 Å². The minimum Gasteiger partial charge on any atom is -0.497 e. The lowest BCUT2D eigenvalue weighted by Crippen LogP contribution is -2.01. The molecule has 4 heteroatoms. The lowest BCUT2D eigenvalue weighted by Gasteiger charge is -2.12. The van der Waals surface area contributed by atoms with E-state index in [2.05, 4.69) is 31.0 Å². The standard InChI is InChI=1S/C16H20N2OS/c1-11(2)16-15(17)14(8-9-18-16)20-10-12-4-6-13(19-3)7-5-12/h4-9,11H,10,17H2,1-3H3. The maximum absolute atomic E-state index is 6.19. The number of rotatable bonds is 5. The Bertz CT molecular complexity index is 567. The van der Waals surface area contributed by atoms with Crippen molar-refractivity contribution in [1.29, 1.82) is 0 Å². The first-order valence-corrected chi connectivity index (χ1v) is 7.60. The van der Waals surface area contributed by atoms with Crippen molar-refractivity contribution in [3.8, 4) is 5.75 Å². The number of benzene rings is 1. The van der Waals surface area contributed by atoms with Gasteiger partial charge in [0.25, 0.3) is 0 Å². The van der Waals surface area contributed by atoms with Crippen LogP contribution < -0.4 is 10.5 Å². The average molecular weight is 288 g/mol. The molecular weight excluding hydrogens is 268 g/mol. The second-order valence-corrected chi connectivity index (χ2v) is 5.92. The van der Waals surface area contributed by atoms with Crippen molar-refractivity contribution in [3.05, 3.63) is 47.8 Å². The van der Waals surface area contributed by atoms with Gasteiger partial charge in [-0.2, -0.15) is 0 Å². The molecule has 3 nitrogen and oxygen atoms in total. The third kappa shape index (κ3) is 3.45. The lowest BCUT2D eigenvalue weighted by molar-refractivity contribution is 0.414. The Morgan fingerprint density at radius 1 is 1.20 bits per heavy atom. The predicted octanol–water partition coefficient (Wildman–Crippen LogP) is 4.09. The number of methoxy groups -OCH3 is 1. The molecule has 0 aliphatic heterocycles. The molecule has 0 amide bonds. The third-order valence-corrected chi connectivity index (χ3v) is 4.23. The first-order chi connectivity index (χ1) is 9.61. The molecular formula is C16H20N2OS. The van der Waals surface area contributed by atoms with Gasteiger partial charge in [0.05, 0.1) is 18.5 Å². The van der Waals surface area contributed by atoms with Crippen LogP contribution in [-0.2, 0) is 5.75 Å². The molecule has 2 N–H and O–H groups in total. The molecule has 0 aliphatic carbocycles. The Hall–Kier alpha value is -1.68. The van der Waals surface area contributed by atoms with Gasteiger partial charge < -0.3 is 10.5 Å². The van der Waals surface area contributed by atoms with Crippen LogP contribution in [0.25, 0.3) is 0 Å². The molecule has 0 saturated heterocycles. The fraction of sp³-hybridized carbons (Fsp3) is 0.312. The van der Waals surface area contributed by atoms with Crippen LogP contribution in [0, 0.1) is 0 Å². The highest BCUT2D eigenvalue weighted by molar-refractivity contribution is 7.98. The minimum absolute atomic E-state index is 0.344. The van der Waals surface area contributed by atoms with Gasteiger partial charge in [0.1, 0.15) is 5.75 Å². The lowest BCUT2D eigenvalue weighted by atomic mass is 10.1. The summed E-state index contributed by atoms with van der Waals surface area (Å²) in [4.78, 5) is 5.46. The maximum Gasteiger partial charge on any atom is 0.118 e. The number of thioether (sulfide) groups is 1. The molecule has 2 rings (SSSR count). The van der Waals surface area contributed by atoms with Crippen LogP contribution in [0.3, 0.4) is 0 Å². The monoisotopic (exact) mass is 288 g/mol. The van der Waals surface area contributed by atoms with E-state index in [1.54, 1.807) is 18.9 Å². The SMILES string of the molecule is COc1ccc(CSc2ccnc(C(C)C)c2N)cc1. The van der Waals surface area contributed by atoms with Crippen molar-refractivity contribution in [2.75, 3.05) is 12.8 Å². The zero-order chi connectivity index (χ0) is 14.5. The van der Waals surface area contributed by atoms with E-state index in [9.17, 15) is 0 Å². The van der Waals surface area contributed by atoms with Crippen molar-refractivity contribution in [1.82, 2.24) is 4.98 Å². The van der Waals surface area contributed by atoms with Gasteiger partial charge in [0.2, 0.25) is 0 Å². The molecule has 0 saturated carbocycles. The van der Waals surface area contributed by atoms with Gasteiger partial charge in [-0.3, -0.25) is 4.98 Å².